The van der Waals surface area contributed by atoms with Crippen LogP contribution in [0.4, 0.5) is 0 Å². The summed E-state index contributed by atoms with van der Waals surface area (Å²) in [7, 11) is -9.95. The summed E-state index contributed by atoms with van der Waals surface area (Å²) in [6.45, 7) is 4.61. The zero-order chi connectivity index (χ0) is 71.8. The van der Waals surface area contributed by atoms with E-state index in [1.165, 1.54) is 96.3 Å². The Hall–Kier alpha value is -4.02. The number of carbonyl (C=O) groups is 4. The molecule has 0 aromatic rings. The van der Waals surface area contributed by atoms with Crippen molar-refractivity contribution >= 4 is 39.5 Å². The Kier molecular flexibility index (Phi) is 68.4. The molecule has 0 bridgehead atoms. The van der Waals surface area contributed by atoms with Crippen molar-refractivity contribution in [3.8, 4) is 0 Å². The van der Waals surface area contributed by atoms with Crippen LogP contribution in [0.15, 0.2) is 97.2 Å². The number of carbonyl (C=O) groups excluding carboxylic acids is 4. The van der Waals surface area contributed by atoms with Crippen LogP contribution in [0.1, 0.15) is 323 Å². The summed E-state index contributed by atoms with van der Waals surface area (Å²) in [6.07, 6.45) is 74.0. The van der Waals surface area contributed by atoms with Crippen LogP contribution < -0.4 is 0 Å². The average Bonchev–Trinajstić information content (AvgIpc) is 0.980. The van der Waals surface area contributed by atoms with Crippen molar-refractivity contribution in [1.29, 1.82) is 0 Å². The highest BCUT2D eigenvalue weighted by Gasteiger charge is 2.30. The summed E-state index contributed by atoms with van der Waals surface area (Å²) >= 11 is 0. The molecule has 566 valence electrons. The summed E-state index contributed by atoms with van der Waals surface area (Å²) < 4.78 is 68.4. The molecule has 0 radical (unpaired) electrons. The number of unbranched alkanes of at least 4 members (excludes halogenated alkanes) is 30. The molecule has 17 nitrogen and oxygen atoms in total. The van der Waals surface area contributed by atoms with Crippen molar-refractivity contribution in [2.45, 2.75) is 341 Å². The normalized spacial score (nSPS) is 14.5. The van der Waals surface area contributed by atoms with E-state index in [-0.39, 0.29) is 25.7 Å². The predicted octanol–water partition coefficient (Wildman–Crippen LogP) is 22.0. The third-order valence-corrected chi connectivity index (χ3v) is 18.0. The van der Waals surface area contributed by atoms with Crippen molar-refractivity contribution in [1.82, 2.24) is 0 Å². The van der Waals surface area contributed by atoms with E-state index in [0.717, 1.165) is 148 Å². The quantitative estimate of drug-likeness (QED) is 0.0169. The van der Waals surface area contributed by atoms with Crippen molar-refractivity contribution < 1.29 is 80.2 Å². The fourth-order valence-corrected chi connectivity index (χ4v) is 11.8. The highest BCUT2D eigenvalue weighted by Crippen LogP contribution is 2.45. The largest absolute Gasteiger partial charge is 0.472 e. The maximum Gasteiger partial charge on any atom is 0.472 e. The lowest BCUT2D eigenvalue weighted by molar-refractivity contribution is -0.161. The molecule has 0 saturated heterocycles. The monoisotopic (exact) mass is 1420 g/mol. The van der Waals surface area contributed by atoms with Gasteiger partial charge >= 0.3 is 39.5 Å². The standard InChI is InChI=1S/C79H138O17P2/c1-5-9-13-17-21-25-29-32-34-36-38-41-45-48-52-56-60-64-77(82)90-70-75(96-79(84)66-62-58-54-50-46-42-39-37-35-33-30-26-22-18-14-10-6-2)72-94-98(87,88)92-68-73(80)67-91-97(85,86)93-71-74(95-78(83)65-61-57-53-49-43-28-24-20-16-12-8-4)69-89-76(81)63-59-55-51-47-44-40-31-27-23-19-15-11-7-3/h9-10,13-14,21-22,25-26,32-35,38-39,41-42,73-75,80H,5-8,11-12,15-20,23-24,27-31,36-37,40,43-72H2,1-4H3,(H,85,86)(H,87,88)/b13-9-,14-10-,25-21-,26-22-,34-32-,35-33-,41-38-,42-39-. The molecular weight excluding hydrogens is 1280 g/mol. The van der Waals surface area contributed by atoms with Crippen molar-refractivity contribution in [2.24, 2.45) is 0 Å². The summed E-state index contributed by atoms with van der Waals surface area (Å²) in [6, 6.07) is 0. The van der Waals surface area contributed by atoms with Crippen molar-refractivity contribution in [3.63, 3.8) is 0 Å². The molecule has 0 aliphatic carbocycles. The third kappa shape index (κ3) is 70.4. The molecule has 19 heteroatoms. The van der Waals surface area contributed by atoms with E-state index in [0.29, 0.717) is 25.7 Å². The minimum atomic E-state index is -4.98. The highest BCUT2D eigenvalue weighted by atomic mass is 31.2. The van der Waals surface area contributed by atoms with Crippen LogP contribution in [-0.2, 0) is 65.4 Å². The number of phosphoric acid groups is 2. The van der Waals surface area contributed by atoms with E-state index in [1.54, 1.807) is 0 Å². The number of ether oxygens (including phenoxy) is 4. The molecule has 0 aromatic carbocycles. The Morgan fingerprint density at radius 2 is 0.531 bits per heavy atom. The number of rotatable bonds is 72. The van der Waals surface area contributed by atoms with Crippen LogP contribution in [-0.4, -0.2) is 96.7 Å². The van der Waals surface area contributed by atoms with Gasteiger partial charge in [-0.05, 0) is 103 Å². The molecule has 5 atom stereocenters. The Labute approximate surface area is 595 Å². The van der Waals surface area contributed by atoms with Crippen LogP contribution in [0.2, 0.25) is 0 Å². The lowest BCUT2D eigenvalue weighted by Crippen LogP contribution is -2.30. The van der Waals surface area contributed by atoms with Crippen LogP contribution in [0.5, 0.6) is 0 Å². The Morgan fingerprint density at radius 3 is 0.816 bits per heavy atom. The van der Waals surface area contributed by atoms with E-state index >= 15 is 0 Å². The van der Waals surface area contributed by atoms with E-state index in [1.807, 2.05) is 0 Å². The first-order chi connectivity index (χ1) is 47.7. The second-order valence-electron chi connectivity index (χ2n) is 25.5. The molecule has 3 N–H and O–H groups in total. The van der Waals surface area contributed by atoms with Gasteiger partial charge in [0.25, 0.3) is 0 Å². The van der Waals surface area contributed by atoms with Crippen LogP contribution in [0.3, 0.4) is 0 Å². The third-order valence-electron chi connectivity index (χ3n) is 16.1. The van der Waals surface area contributed by atoms with Crippen LogP contribution in [0, 0.1) is 0 Å². The number of hydrogen-bond acceptors (Lipinski definition) is 15. The molecule has 0 aliphatic heterocycles. The minimum Gasteiger partial charge on any atom is -0.462 e. The van der Waals surface area contributed by atoms with E-state index in [2.05, 4.69) is 125 Å². The number of hydrogen-bond donors (Lipinski definition) is 3. The lowest BCUT2D eigenvalue weighted by Gasteiger charge is -2.21. The SMILES string of the molecule is CC/C=C\C/C=C\C/C=C\C/C=C\CCCCCCC(=O)OCC(COP(=O)(O)OCC(O)COP(=O)(O)OCC(COC(=O)CCCCCCCCCCCCCCC)OC(=O)CCCCCCCCCCCCC)OC(=O)CCCCCC/C=C\C/C=C\C/C=C\C/C=C\CC. The summed E-state index contributed by atoms with van der Waals surface area (Å²) in [4.78, 5) is 72.8. The molecule has 0 spiro atoms. The minimum absolute atomic E-state index is 0.0610. The molecule has 0 rings (SSSR count). The molecule has 0 amide bonds. The molecule has 0 aliphatic rings. The van der Waals surface area contributed by atoms with Crippen LogP contribution >= 0.6 is 15.6 Å². The van der Waals surface area contributed by atoms with Gasteiger partial charge < -0.3 is 33.8 Å². The lowest BCUT2D eigenvalue weighted by atomic mass is 10.0. The Bertz CT molecular complexity index is 2240. The van der Waals surface area contributed by atoms with Gasteiger partial charge in [-0.1, -0.05) is 292 Å². The Morgan fingerprint density at radius 1 is 0.296 bits per heavy atom. The van der Waals surface area contributed by atoms with Crippen molar-refractivity contribution in [2.75, 3.05) is 39.6 Å². The summed E-state index contributed by atoms with van der Waals surface area (Å²) in [5, 5.41) is 10.6. The summed E-state index contributed by atoms with van der Waals surface area (Å²) in [5.74, 6) is -2.21. The molecule has 0 aromatic heterocycles. The van der Waals surface area contributed by atoms with Gasteiger partial charge in [-0.2, -0.15) is 0 Å². The highest BCUT2D eigenvalue weighted by molar-refractivity contribution is 7.47. The summed E-state index contributed by atoms with van der Waals surface area (Å²) in [5.41, 5.74) is 0. The van der Waals surface area contributed by atoms with Crippen molar-refractivity contribution in [3.05, 3.63) is 97.2 Å². The van der Waals surface area contributed by atoms with Crippen LogP contribution in [0.25, 0.3) is 0 Å². The fourth-order valence-electron chi connectivity index (χ4n) is 10.3. The molecule has 0 fully saturated rings. The Balaban J connectivity index is 5.37. The number of allylic oxidation sites excluding steroid dienone is 16. The number of aliphatic hydroxyl groups excluding tert-OH is 1. The molecule has 98 heavy (non-hydrogen) atoms. The van der Waals surface area contributed by atoms with Gasteiger partial charge in [-0.15, -0.1) is 0 Å². The van der Waals surface area contributed by atoms with Gasteiger partial charge in [-0.3, -0.25) is 37.3 Å². The molecule has 0 saturated carbocycles. The van der Waals surface area contributed by atoms with Gasteiger partial charge in [0.15, 0.2) is 12.2 Å². The van der Waals surface area contributed by atoms with Gasteiger partial charge in [0.1, 0.15) is 19.3 Å². The first kappa shape index (κ1) is 94.0. The second kappa shape index (κ2) is 71.4. The van der Waals surface area contributed by atoms with Gasteiger partial charge in [0.05, 0.1) is 26.4 Å². The maximum atomic E-state index is 13.1. The average molecular weight is 1420 g/mol. The topological polar surface area (TPSA) is 237 Å². The van der Waals surface area contributed by atoms with E-state index in [9.17, 15) is 43.2 Å². The van der Waals surface area contributed by atoms with E-state index in [4.69, 9.17) is 37.0 Å². The van der Waals surface area contributed by atoms with Gasteiger partial charge in [-0.25, -0.2) is 9.13 Å². The maximum absolute atomic E-state index is 13.1. The second-order valence-corrected chi connectivity index (χ2v) is 28.5. The fraction of sp³-hybridized carbons (Fsp3) is 0.747. The zero-order valence-corrected chi connectivity index (χ0v) is 63.5. The number of phosphoric ester groups is 2. The number of aliphatic hydroxyl groups is 1. The smallest absolute Gasteiger partial charge is 0.462 e. The van der Waals surface area contributed by atoms with Gasteiger partial charge in [0, 0.05) is 25.7 Å². The predicted molar refractivity (Wildman–Crippen MR) is 399 cm³/mol. The molecular formula is C79H138O17P2. The van der Waals surface area contributed by atoms with Gasteiger partial charge in [0.2, 0.25) is 0 Å². The number of esters is 4. The zero-order valence-electron chi connectivity index (χ0n) is 61.7. The van der Waals surface area contributed by atoms with E-state index < -0.39 is 97.5 Å². The molecule has 0 heterocycles. The first-order valence-corrected chi connectivity index (χ1v) is 41.5. The first-order valence-electron chi connectivity index (χ1n) is 38.5. The molecule has 5 unspecified atom stereocenters.